The third kappa shape index (κ3) is 2.66. The summed E-state index contributed by atoms with van der Waals surface area (Å²) in [5, 5.41) is 0. The molecule has 0 spiro atoms. The quantitative estimate of drug-likeness (QED) is 0.713. The molecular weight excluding hydrogens is 196 g/mol. The summed E-state index contributed by atoms with van der Waals surface area (Å²) in [6.45, 7) is 13.0. The Morgan fingerprint density at radius 3 is 2.62 bits per heavy atom. The second-order valence-electron chi connectivity index (χ2n) is 4.20. The molecule has 1 radical (unpaired) electrons. The molecule has 0 unspecified atom stereocenters. The zero-order valence-corrected chi connectivity index (χ0v) is 10.7. The normalized spacial score (nSPS) is 10.9. The van der Waals surface area contributed by atoms with Crippen LogP contribution >= 0.6 is 0 Å². The molecule has 0 aromatic heterocycles. The summed E-state index contributed by atoms with van der Waals surface area (Å²) in [7, 11) is 0. The van der Waals surface area contributed by atoms with Gasteiger partial charge in [-0.05, 0) is 18.4 Å². The van der Waals surface area contributed by atoms with Crippen LogP contribution in [0.25, 0.3) is 0 Å². The highest BCUT2D eigenvalue weighted by Gasteiger charge is 2.15. The smallest absolute Gasteiger partial charge is 0.126 e. The first-order chi connectivity index (χ1) is 7.61. The van der Waals surface area contributed by atoms with Gasteiger partial charge < -0.3 is 4.74 Å². The largest absolute Gasteiger partial charge is 0.493 e. The fourth-order valence-corrected chi connectivity index (χ4v) is 1.74. The van der Waals surface area contributed by atoms with Gasteiger partial charge in [0, 0.05) is 11.5 Å². The van der Waals surface area contributed by atoms with Crippen LogP contribution in [0.2, 0.25) is 0 Å². The van der Waals surface area contributed by atoms with Gasteiger partial charge in [-0.3, -0.25) is 0 Å². The van der Waals surface area contributed by atoms with Gasteiger partial charge in [-0.1, -0.05) is 45.0 Å². The van der Waals surface area contributed by atoms with E-state index in [1.165, 1.54) is 5.56 Å². The molecule has 1 aromatic rings. The molecule has 0 atom stereocenters. The van der Waals surface area contributed by atoms with Crippen LogP contribution in [0.5, 0.6) is 5.75 Å². The summed E-state index contributed by atoms with van der Waals surface area (Å²) in [4.78, 5) is 0. The van der Waals surface area contributed by atoms with E-state index >= 15 is 0 Å². The standard InChI is InChI=1S/C15H21O/c1-6-12(5)14-10-8-9-13(11(3)4)15(14)16-7-2/h6,8-11H,1,7H2,2-5H3. The Kier molecular flexibility index (Phi) is 4.60. The van der Waals surface area contributed by atoms with Crippen molar-refractivity contribution < 1.29 is 4.74 Å². The van der Waals surface area contributed by atoms with Crippen molar-refractivity contribution in [1.29, 1.82) is 0 Å². The SMILES string of the molecule is C=C[C](C)c1cccc(C(C)C)c1OCC. The molecule has 1 heteroatoms. The zero-order chi connectivity index (χ0) is 12.1. The van der Waals surface area contributed by atoms with Gasteiger partial charge in [-0.25, -0.2) is 0 Å². The average Bonchev–Trinajstić information content (AvgIpc) is 2.28. The number of rotatable bonds is 5. The van der Waals surface area contributed by atoms with Crippen LogP contribution in [0, 0.1) is 5.92 Å². The van der Waals surface area contributed by atoms with Crippen molar-refractivity contribution in [1.82, 2.24) is 0 Å². The van der Waals surface area contributed by atoms with E-state index in [9.17, 15) is 0 Å². The molecule has 0 amide bonds. The Labute approximate surface area is 99.1 Å². The molecular formula is C15H21O. The van der Waals surface area contributed by atoms with Crippen LogP contribution in [0.15, 0.2) is 30.9 Å². The molecule has 0 heterocycles. The van der Waals surface area contributed by atoms with Gasteiger partial charge in [-0.2, -0.15) is 0 Å². The molecule has 0 N–H and O–H groups in total. The van der Waals surface area contributed by atoms with Crippen LogP contribution in [0.1, 0.15) is 44.7 Å². The second-order valence-corrected chi connectivity index (χ2v) is 4.20. The molecule has 0 saturated heterocycles. The van der Waals surface area contributed by atoms with Gasteiger partial charge in [0.1, 0.15) is 5.75 Å². The highest BCUT2D eigenvalue weighted by molar-refractivity contribution is 5.51. The van der Waals surface area contributed by atoms with Crippen molar-refractivity contribution in [3.05, 3.63) is 47.9 Å². The van der Waals surface area contributed by atoms with Crippen molar-refractivity contribution in [3.8, 4) is 5.75 Å². The first-order valence-electron chi connectivity index (χ1n) is 5.83. The lowest BCUT2D eigenvalue weighted by molar-refractivity contribution is 0.333. The Morgan fingerprint density at radius 2 is 2.12 bits per heavy atom. The molecule has 0 bridgehead atoms. The van der Waals surface area contributed by atoms with E-state index in [2.05, 4.69) is 45.5 Å². The summed E-state index contributed by atoms with van der Waals surface area (Å²) in [6, 6.07) is 6.31. The van der Waals surface area contributed by atoms with Gasteiger partial charge in [0.25, 0.3) is 0 Å². The van der Waals surface area contributed by atoms with Gasteiger partial charge in [-0.15, -0.1) is 6.58 Å². The summed E-state index contributed by atoms with van der Waals surface area (Å²) in [5.74, 6) is 2.64. The van der Waals surface area contributed by atoms with Crippen molar-refractivity contribution in [2.45, 2.75) is 33.6 Å². The maximum Gasteiger partial charge on any atom is 0.126 e. The monoisotopic (exact) mass is 217 g/mol. The molecule has 1 nitrogen and oxygen atoms in total. The Bertz CT molecular complexity index is 352. The summed E-state index contributed by atoms with van der Waals surface area (Å²) in [5.41, 5.74) is 2.42. The molecule has 0 aliphatic rings. The molecule has 87 valence electrons. The second kappa shape index (κ2) is 5.74. The lowest BCUT2D eigenvalue weighted by Crippen LogP contribution is -2.04. The fourth-order valence-electron chi connectivity index (χ4n) is 1.74. The minimum Gasteiger partial charge on any atom is -0.493 e. The fraction of sp³-hybridized carbons (Fsp3) is 0.400. The van der Waals surface area contributed by atoms with Crippen LogP contribution < -0.4 is 4.74 Å². The van der Waals surface area contributed by atoms with Crippen molar-refractivity contribution in [2.24, 2.45) is 0 Å². The number of allylic oxidation sites excluding steroid dienone is 1. The number of hydrogen-bond donors (Lipinski definition) is 0. The Balaban J connectivity index is 3.25. The van der Waals surface area contributed by atoms with E-state index in [1.807, 2.05) is 13.0 Å². The van der Waals surface area contributed by atoms with Crippen LogP contribution in [0.4, 0.5) is 0 Å². The molecule has 0 aliphatic heterocycles. The topological polar surface area (TPSA) is 9.23 Å². The van der Waals surface area contributed by atoms with Crippen molar-refractivity contribution in [3.63, 3.8) is 0 Å². The van der Waals surface area contributed by atoms with Gasteiger partial charge in [0.2, 0.25) is 0 Å². The van der Waals surface area contributed by atoms with Crippen LogP contribution in [-0.4, -0.2) is 6.61 Å². The number of hydrogen-bond acceptors (Lipinski definition) is 1. The molecule has 1 aromatic carbocycles. The summed E-state index contributed by atoms with van der Waals surface area (Å²) >= 11 is 0. The highest BCUT2D eigenvalue weighted by Crippen LogP contribution is 2.34. The number of para-hydroxylation sites is 1. The lowest BCUT2D eigenvalue weighted by atomic mass is 9.93. The Hall–Kier alpha value is -1.24. The highest BCUT2D eigenvalue weighted by atomic mass is 16.5. The molecule has 0 saturated carbocycles. The Morgan fingerprint density at radius 1 is 1.44 bits per heavy atom. The van der Waals surface area contributed by atoms with E-state index in [1.54, 1.807) is 0 Å². The maximum atomic E-state index is 5.78. The summed E-state index contributed by atoms with van der Waals surface area (Å²) < 4.78 is 5.78. The predicted molar refractivity (Wildman–Crippen MR) is 69.9 cm³/mol. The van der Waals surface area contributed by atoms with E-state index < -0.39 is 0 Å². The predicted octanol–water partition coefficient (Wildman–Crippen LogP) is 4.34. The first kappa shape index (κ1) is 12.8. The van der Waals surface area contributed by atoms with Crippen LogP contribution in [-0.2, 0) is 0 Å². The zero-order valence-electron chi connectivity index (χ0n) is 10.7. The molecule has 16 heavy (non-hydrogen) atoms. The maximum absolute atomic E-state index is 5.78. The van der Waals surface area contributed by atoms with E-state index in [4.69, 9.17) is 4.74 Å². The van der Waals surface area contributed by atoms with E-state index in [0.717, 1.165) is 17.2 Å². The van der Waals surface area contributed by atoms with Crippen LogP contribution in [0.3, 0.4) is 0 Å². The lowest BCUT2D eigenvalue weighted by Gasteiger charge is -2.19. The molecule has 1 rings (SSSR count). The minimum absolute atomic E-state index is 0.471. The third-order valence-electron chi connectivity index (χ3n) is 2.69. The third-order valence-corrected chi connectivity index (χ3v) is 2.69. The average molecular weight is 217 g/mol. The first-order valence-corrected chi connectivity index (χ1v) is 5.83. The summed E-state index contributed by atoms with van der Waals surface area (Å²) in [6.07, 6.45) is 1.88. The van der Waals surface area contributed by atoms with Gasteiger partial charge in [0.15, 0.2) is 0 Å². The minimum atomic E-state index is 0.471. The van der Waals surface area contributed by atoms with E-state index in [-0.39, 0.29) is 0 Å². The van der Waals surface area contributed by atoms with Crippen molar-refractivity contribution >= 4 is 0 Å². The van der Waals surface area contributed by atoms with Crippen molar-refractivity contribution in [2.75, 3.05) is 6.61 Å². The number of ether oxygens (including phenoxy) is 1. The van der Waals surface area contributed by atoms with E-state index in [0.29, 0.717) is 12.5 Å². The molecule has 0 aliphatic carbocycles. The number of benzene rings is 1. The van der Waals surface area contributed by atoms with Gasteiger partial charge in [0.05, 0.1) is 6.61 Å². The molecule has 0 fully saturated rings. The van der Waals surface area contributed by atoms with Gasteiger partial charge >= 0.3 is 0 Å².